The van der Waals surface area contributed by atoms with Gasteiger partial charge in [-0.1, -0.05) is 19.3 Å². The summed E-state index contributed by atoms with van der Waals surface area (Å²) in [4.78, 5) is 10.8. The molecule has 0 fully saturated rings. The van der Waals surface area contributed by atoms with E-state index in [0.29, 0.717) is 5.56 Å². The van der Waals surface area contributed by atoms with Crippen molar-refractivity contribution >= 4 is 11.7 Å². The maximum Gasteiger partial charge on any atom is 0.335 e. The van der Waals surface area contributed by atoms with Crippen LogP contribution in [0.4, 0.5) is 5.69 Å². The number of nitrogens with one attached hydrogen (secondary N) is 1. The van der Waals surface area contributed by atoms with Crippen LogP contribution in [0.1, 0.15) is 35.7 Å². The van der Waals surface area contributed by atoms with E-state index in [1.807, 2.05) is 6.92 Å². The summed E-state index contributed by atoms with van der Waals surface area (Å²) in [6, 6.07) is 4.98. The summed E-state index contributed by atoms with van der Waals surface area (Å²) < 4.78 is 0. The van der Waals surface area contributed by atoms with Gasteiger partial charge in [0.15, 0.2) is 0 Å². The molecule has 1 aromatic carbocycles. The third kappa shape index (κ3) is 3.53. The van der Waals surface area contributed by atoms with Crippen LogP contribution in [0.25, 0.3) is 0 Å². The van der Waals surface area contributed by atoms with Gasteiger partial charge >= 0.3 is 5.97 Å². The summed E-state index contributed by atoms with van der Waals surface area (Å²) >= 11 is 0. The molecule has 1 unspecified atom stereocenters. The van der Waals surface area contributed by atoms with Crippen molar-refractivity contribution < 1.29 is 9.90 Å². The number of rotatable bonds is 5. The van der Waals surface area contributed by atoms with Gasteiger partial charge in [-0.25, -0.2) is 4.79 Å². The molecule has 3 nitrogen and oxygen atoms in total. The highest BCUT2D eigenvalue weighted by atomic mass is 16.4. The molecule has 0 aliphatic carbocycles. The average molecular weight is 231 g/mol. The van der Waals surface area contributed by atoms with Gasteiger partial charge in [-0.15, -0.1) is 6.42 Å². The van der Waals surface area contributed by atoms with Crippen LogP contribution in [0.15, 0.2) is 18.2 Å². The fraction of sp³-hybridized carbons (Fsp3) is 0.357. The molecule has 0 aliphatic rings. The van der Waals surface area contributed by atoms with Crippen LogP contribution >= 0.6 is 0 Å². The number of hydrogen-bond acceptors (Lipinski definition) is 2. The Morgan fingerprint density at radius 3 is 2.76 bits per heavy atom. The zero-order valence-corrected chi connectivity index (χ0v) is 10.2. The second-order valence-corrected chi connectivity index (χ2v) is 3.99. The molecule has 0 amide bonds. The van der Waals surface area contributed by atoms with Crippen molar-refractivity contribution in [3.05, 3.63) is 29.3 Å². The lowest BCUT2D eigenvalue weighted by Gasteiger charge is -2.15. The lowest BCUT2D eigenvalue weighted by atomic mass is 10.1. The van der Waals surface area contributed by atoms with Crippen molar-refractivity contribution in [1.29, 1.82) is 0 Å². The van der Waals surface area contributed by atoms with Crippen LogP contribution in [-0.2, 0) is 0 Å². The number of terminal acetylenes is 1. The normalized spacial score (nSPS) is 11.6. The van der Waals surface area contributed by atoms with E-state index in [1.165, 1.54) is 0 Å². The summed E-state index contributed by atoms with van der Waals surface area (Å²) in [5.41, 5.74) is 2.08. The molecular formula is C14H17NO2. The molecule has 0 saturated heterocycles. The number of hydrogen-bond donors (Lipinski definition) is 2. The summed E-state index contributed by atoms with van der Waals surface area (Å²) in [6.07, 6.45) is 7.34. The first kappa shape index (κ1) is 13.1. The van der Waals surface area contributed by atoms with Crippen molar-refractivity contribution in [3.8, 4) is 12.3 Å². The molecular weight excluding hydrogens is 214 g/mol. The van der Waals surface area contributed by atoms with Gasteiger partial charge in [0.05, 0.1) is 11.6 Å². The Labute approximate surface area is 102 Å². The predicted octanol–water partition coefficient (Wildman–Crippen LogP) is 2.91. The highest BCUT2D eigenvalue weighted by molar-refractivity contribution is 5.88. The highest BCUT2D eigenvalue weighted by Crippen LogP contribution is 2.18. The standard InChI is InChI=1S/C14H17NO2/c1-4-6-12(5-2)15-13-8-7-11(14(16)17)9-10(13)3/h2,7-9,12,15H,4,6H2,1,3H3,(H,16,17). The third-order valence-corrected chi connectivity index (χ3v) is 2.58. The summed E-state index contributed by atoms with van der Waals surface area (Å²) in [6.45, 7) is 3.95. The van der Waals surface area contributed by atoms with Gasteiger partial charge in [-0.2, -0.15) is 0 Å². The van der Waals surface area contributed by atoms with Crippen molar-refractivity contribution in [2.24, 2.45) is 0 Å². The van der Waals surface area contributed by atoms with Gasteiger partial charge < -0.3 is 10.4 Å². The van der Waals surface area contributed by atoms with Crippen LogP contribution in [0.3, 0.4) is 0 Å². The maximum absolute atomic E-state index is 10.8. The Bertz CT molecular complexity index is 446. The fourth-order valence-electron chi connectivity index (χ4n) is 1.63. The Morgan fingerprint density at radius 2 is 2.29 bits per heavy atom. The molecule has 2 N–H and O–H groups in total. The van der Waals surface area contributed by atoms with E-state index >= 15 is 0 Å². The van der Waals surface area contributed by atoms with Gasteiger partial charge in [0, 0.05) is 5.69 Å². The molecule has 1 aromatic rings. The molecule has 0 bridgehead atoms. The summed E-state index contributed by atoms with van der Waals surface area (Å²) in [5, 5.41) is 12.1. The van der Waals surface area contributed by atoms with E-state index in [-0.39, 0.29) is 6.04 Å². The number of aryl methyl sites for hydroxylation is 1. The van der Waals surface area contributed by atoms with Crippen molar-refractivity contribution in [1.82, 2.24) is 0 Å². The molecule has 1 rings (SSSR count). The number of carboxylic acids is 1. The minimum absolute atomic E-state index is 0.00521. The molecule has 3 heteroatoms. The number of anilines is 1. The van der Waals surface area contributed by atoms with Crippen molar-refractivity contribution in [3.63, 3.8) is 0 Å². The zero-order valence-electron chi connectivity index (χ0n) is 10.2. The third-order valence-electron chi connectivity index (χ3n) is 2.58. The van der Waals surface area contributed by atoms with Gasteiger partial charge in [0.1, 0.15) is 0 Å². The topological polar surface area (TPSA) is 49.3 Å². The highest BCUT2D eigenvalue weighted by Gasteiger charge is 2.08. The Balaban J connectivity index is 2.86. The van der Waals surface area contributed by atoms with E-state index in [2.05, 4.69) is 18.2 Å². The minimum atomic E-state index is -0.915. The Hall–Kier alpha value is -1.95. The molecule has 17 heavy (non-hydrogen) atoms. The average Bonchev–Trinajstić information content (AvgIpc) is 2.30. The number of carbonyl (C=O) groups is 1. The number of aromatic carboxylic acids is 1. The second kappa shape index (κ2) is 5.95. The number of carboxylic acid groups (broad SMARTS) is 1. The largest absolute Gasteiger partial charge is 0.478 e. The van der Waals surface area contributed by atoms with Crippen molar-refractivity contribution in [2.45, 2.75) is 32.7 Å². The van der Waals surface area contributed by atoms with Crippen LogP contribution in [0, 0.1) is 19.3 Å². The van der Waals surface area contributed by atoms with Crippen LogP contribution in [0.2, 0.25) is 0 Å². The summed E-state index contributed by atoms with van der Waals surface area (Å²) in [7, 11) is 0. The van der Waals surface area contributed by atoms with Crippen LogP contribution in [-0.4, -0.2) is 17.1 Å². The quantitative estimate of drug-likeness (QED) is 0.766. The maximum atomic E-state index is 10.8. The zero-order chi connectivity index (χ0) is 12.8. The lowest BCUT2D eigenvalue weighted by Crippen LogP contribution is -2.17. The first-order chi connectivity index (χ1) is 8.08. The smallest absolute Gasteiger partial charge is 0.335 e. The minimum Gasteiger partial charge on any atom is -0.478 e. The van der Waals surface area contributed by atoms with E-state index in [1.54, 1.807) is 18.2 Å². The molecule has 90 valence electrons. The monoisotopic (exact) mass is 231 g/mol. The lowest BCUT2D eigenvalue weighted by molar-refractivity contribution is 0.0697. The Morgan fingerprint density at radius 1 is 1.59 bits per heavy atom. The predicted molar refractivity (Wildman–Crippen MR) is 69.3 cm³/mol. The molecule has 0 heterocycles. The summed E-state index contributed by atoms with van der Waals surface area (Å²) in [5.74, 6) is 1.77. The molecule has 1 atom stereocenters. The fourth-order valence-corrected chi connectivity index (χ4v) is 1.63. The van der Waals surface area contributed by atoms with Gasteiger partial charge in [-0.05, 0) is 37.1 Å². The molecule has 0 aliphatic heterocycles. The molecule has 0 spiro atoms. The second-order valence-electron chi connectivity index (χ2n) is 3.99. The number of benzene rings is 1. The molecule has 0 saturated carbocycles. The van der Waals surface area contributed by atoms with Crippen LogP contribution in [0.5, 0.6) is 0 Å². The van der Waals surface area contributed by atoms with E-state index < -0.39 is 5.97 Å². The van der Waals surface area contributed by atoms with Gasteiger partial charge in [-0.3, -0.25) is 0 Å². The van der Waals surface area contributed by atoms with E-state index in [9.17, 15) is 4.79 Å². The van der Waals surface area contributed by atoms with E-state index in [4.69, 9.17) is 11.5 Å². The van der Waals surface area contributed by atoms with Gasteiger partial charge in [0.25, 0.3) is 0 Å². The first-order valence-electron chi connectivity index (χ1n) is 5.65. The Kier molecular flexibility index (Phi) is 4.59. The molecule has 0 radical (unpaired) electrons. The van der Waals surface area contributed by atoms with Gasteiger partial charge in [0.2, 0.25) is 0 Å². The SMILES string of the molecule is C#CC(CCC)Nc1ccc(C(=O)O)cc1C. The van der Waals surface area contributed by atoms with Crippen LogP contribution < -0.4 is 5.32 Å². The molecule has 0 aromatic heterocycles. The van der Waals surface area contributed by atoms with Crippen molar-refractivity contribution in [2.75, 3.05) is 5.32 Å². The first-order valence-corrected chi connectivity index (χ1v) is 5.65. The van der Waals surface area contributed by atoms with E-state index in [0.717, 1.165) is 24.1 Å².